The predicted octanol–water partition coefficient (Wildman–Crippen LogP) is 5.59. The summed E-state index contributed by atoms with van der Waals surface area (Å²) in [5, 5.41) is 0. The first-order valence-corrected chi connectivity index (χ1v) is 14.8. The topological polar surface area (TPSA) is 60.7 Å². The molecule has 4 aromatic rings. The van der Waals surface area contributed by atoms with Crippen molar-refractivity contribution in [2.45, 2.75) is 25.8 Å². The van der Waals surface area contributed by atoms with Gasteiger partial charge in [-0.2, -0.15) is 0 Å². The molecule has 6 rings (SSSR count). The van der Waals surface area contributed by atoms with E-state index in [0.29, 0.717) is 20.6 Å². The summed E-state index contributed by atoms with van der Waals surface area (Å²) in [6, 6.07) is 18.0. The number of carbonyl (C=O) groups excluding carboxylic acids is 1. The van der Waals surface area contributed by atoms with Crippen LogP contribution in [-0.4, -0.2) is 10.5 Å². The summed E-state index contributed by atoms with van der Waals surface area (Å²) in [5.74, 6) is -0.328. The maximum atomic E-state index is 14.0. The van der Waals surface area contributed by atoms with E-state index in [1.165, 1.54) is 36.0 Å². The molecule has 0 radical (unpaired) electrons. The second-order valence-corrected chi connectivity index (χ2v) is 12.5. The number of aryl methyl sites for hydroxylation is 1. The zero-order valence-electron chi connectivity index (χ0n) is 20.0. The van der Waals surface area contributed by atoms with Crippen LogP contribution in [0, 0.1) is 13.0 Å². The Hall–Kier alpha value is -2.64. The summed E-state index contributed by atoms with van der Waals surface area (Å²) in [6.07, 6.45) is 3.37. The number of rotatable bonds is 3. The number of aromatic nitrogens is 1. The van der Waals surface area contributed by atoms with Gasteiger partial charge in [-0.05, 0) is 105 Å². The molecule has 2 aliphatic rings. The molecular formula is C29H19FI2N2O3S. The van der Waals surface area contributed by atoms with Gasteiger partial charge in [-0.1, -0.05) is 47.7 Å². The largest absolute Gasteiger partial charge is 0.425 e. The van der Waals surface area contributed by atoms with Crippen molar-refractivity contribution >= 4 is 74.3 Å². The molecule has 5 nitrogen and oxygen atoms in total. The van der Waals surface area contributed by atoms with Crippen molar-refractivity contribution in [1.29, 1.82) is 0 Å². The van der Waals surface area contributed by atoms with Crippen molar-refractivity contribution in [2.75, 3.05) is 0 Å². The Labute approximate surface area is 248 Å². The van der Waals surface area contributed by atoms with Crippen LogP contribution in [0.15, 0.2) is 76.0 Å². The molecular weight excluding hydrogens is 729 g/mol. The number of nitrogens with zero attached hydrogens (tertiary/aromatic N) is 2. The molecule has 1 atom stereocenters. The van der Waals surface area contributed by atoms with Crippen molar-refractivity contribution < 1.29 is 13.9 Å². The van der Waals surface area contributed by atoms with Crippen molar-refractivity contribution in [3.05, 3.63) is 121 Å². The number of carbonyl (C=O) groups is 1. The maximum Gasteiger partial charge on any atom is 0.308 e. The van der Waals surface area contributed by atoms with Crippen LogP contribution < -0.4 is 19.6 Å². The first-order chi connectivity index (χ1) is 18.3. The minimum Gasteiger partial charge on any atom is -0.425 e. The fraction of sp³-hybridized carbons (Fsp3) is 0.138. The molecule has 0 bridgehead atoms. The van der Waals surface area contributed by atoms with Crippen LogP contribution in [0.1, 0.15) is 41.6 Å². The number of fused-ring (bicyclic) bond motifs is 3. The van der Waals surface area contributed by atoms with Gasteiger partial charge in [0.2, 0.25) is 0 Å². The predicted molar refractivity (Wildman–Crippen MR) is 162 cm³/mol. The minimum absolute atomic E-state index is 0.184. The highest BCUT2D eigenvalue weighted by atomic mass is 127. The summed E-state index contributed by atoms with van der Waals surface area (Å²) in [5.41, 5.74) is 5.54. The third kappa shape index (κ3) is 4.58. The number of halogens is 3. The lowest BCUT2D eigenvalue weighted by molar-refractivity contribution is -0.131. The molecule has 1 aromatic heterocycles. The monoisotopic (exact) mass is 748 g/mol. The highest BCUT2D eigenvalue weighted by molar-refractivity contribution is 14.1. The molecule has 1 aliphatic heterocycles. The van der Waals surface area contributed by atoms with Crippen LogP contribution >= 0.6 is 56.5 Å². The molecule has 0 fully saturated rings. The van der Waals surface area contributed by atoms with E-state index in [9.17, 15) is 14.0 Å². The number of ether oxygens (including phenoxy) is 1. The third-order valence-corrected chi connectivity index (χ3v) is 9.04. The van der Waals surface area contributed by atoms with Gasteiger partial charge in [0.1, 0.15) is 5.82 Å². The van der Waals surface area contributed by atoms with Gasteiger partial charge in [0.05, 0.1) is 19.8 Å². The fourth-order valence-electron chi connectivity index (χ4n) is 5.05. The van der Waals surface area contributed by atoms with Gasteiger partial charge in [-0.3, -0.25) is 14.2 Å². The van der Waals surface area contributed by atoms with E-state index in [4.69, 9.17) is 9.73 Å². The van der Waals surface area contributed by atoms with Crippen molar-refractivity contribution in [3.63, 3.8) is 0 Å². The number of thiazole rings is 1. The van der Waals surface area contributed by atoms with E-state index in [2.05, 4.69) is 57.3 Å². The summed E-state index contributed by atoms with van der Waals surface area (Å²) in [7, 11) is 0. The Morgan fingerprint density at radius 1 is 1.13 bits per heavy atom. The molecule has 0 N–H and O–H groups in total. The Bertz CT molecular complexity index is 1840. The molecule has 2 heterocycles. The quantitative estimate of drug-likeness (QED) is 0.156. The lowest BCUT2D eigenvalue weighted by Gasteiger charge is -2.30. The van der Waals surface area contributed by atoms with Gasteiger partial charge in [0, 0.05) is 21.6 Å². The van der Waals surface area contributed by atoms with E-state index >= 15 is 0 Å². The van der Waals surface area contributed by atoms with E-state index < -0.39 is 5.97 Å². The van der Waals surface area contributed by atoms with Gasteiger partial charge in [0.15, 0.2) is 10.6 Å². The number of hydrogen-bond donors (Lipinski definition) is 0. The highest BCUT2D eigenvalue weighted by Gasteiger charge is 2.32. The lowest BCUT2D eigenvalue weighted by Crippen LogP contribution is -2.38. The molecule has 0 spiro atoms. The second kappa shape index (κ2) is 10.2. The first-order valence-electron chi connectivity index (χ1n) is 11.9. The Morgan fingerprint density at radius 2 is 1.89 bits per heavy atom. The molecule has 0 unspecified atom stereocenters. The van der Waals surface area contributed by atoms with E-state index in [0.717, 1.165) is 42.4 Å². The van der Waals surface area contributed by atoms with Crippen LogP contribution in [0.25, 0.3) is 11.8 Å². The van der Waals surface area contributed by atoms with E-state index in [-0.39, 0.29) is 17.4 Å². The maximum absolute atomic E-state index is 14.0. The SMILES string of the molecule is CC(=O)Oc1c(I)cc(I)cc1/C=c1/sc2n(c1=O)[C@H](c1ccc(F)cc1)C1=C(N=2)c2ccccc2CC1. The van der Waals surface area contributed by atoms with Crippen LogP contribution in [0.5, 0.6) is 5.75 Å². The van der Waals surface area contributed by atoms with Gasteiger partial charge >= 0.3 is 5.97 Å². The standard InChI is InChI=1S/C29H19FI2N2O3S/c1-15(35)37-27-18(12-20(31)14-23(27)32)13-24-28(36)34-26(17-6-9-19(30)10-7-17)22-11-8-16-4-2-3-5-21(16)25(22)33-29(34)38-24/h2-7,9-10,12-14,26H,8,11H2,1H3/b24-13+/t26-/m1/s1. The minimum atomic E-state index is -0.428. The highest BCUT2D eigenvalue weighted by Crippen LogP contribution is 2.41. The molecule has 0 saturated heterocycles. The molecule has 0 saturated carbocycles. The van der Waals surface area contributed by atoms with E-state index in [1.54, 1.807) is 22.8 Å². The van der Waals surface area contributed by atoms with Crippen LogP contribution in [0.2, 0.25) is 0 Å². The van der Waals surface area contributed by atoms with Crippen LogP contribution in [0.4, 0.5) is 4.39 Å². The van der Waals surface area contributed by atoms with Gasteiger partial charge in [-0.25, -0.2) is 9.38 Å². The molecule has 38 heavy (non-hydrogen) atoms. The number of hydrogen-bond acceptors (Lipinski definition) is 5. The molecule has 3 aromatic carbocycles. The Balaban J connectivity index is 1.62. The summed E-state index contributed by atoms with van der Waals surface area (Å²) >= 11 is 5.64. The second-order valence-electron chi connectivity index (χ2n) is 9.06. The Morgan fingerprint density at radius 3 is 2.66 bits per heavy atom. The molecule has 1 aliphatic carbocycles. The normalized spacial score (nSPS) is 16.4. The zero-order valence-corrected chi connectivity index (χ0v) is 25.1. The van der Waals surface area contributed by atoms with Crippen LogP contribution in [0.3, 0.4) is 0 Å². The fourth-order valence-corrected chi connectivity index (χ4v) is 8.04. The number of benzene rings is 3. The zero-order chi connectivity index (χ0) is 26.6. The molecule has 9 heteroatoms. The van der Waals surface area contributed by atoms with Gasteiger partial charge < -0.3 is 4.74 Å². The average molecular weight is 748 g/mol. The van der Waals surface area contributed by atoms with Crippen molar-refractivity contribution in [3.8, 4) is 5.75 Å². The van der Waals surface area contributed by atoms with Crippen LogP contribution in [-0.2, 0) is 11.2 Å². The molecule has 190 valence electrons. The smallest absolute Gasteiger partial charge is 0.308 e. The summed E-state index contributed by atoms with van der Waals surface area (Å²) in [4.78, 5) is 31.4. The summed E-state index contributed by atoms with van der Waals surface area (Å²) < 4.78 is 23.3. The van der Waals surface area contributed by atoms with Gasteiger partial charge in [0.25, 0.3) is 5.56 Å². The van der Waals surface area contributed by atoms with Crippen molar-refractivity contribution in [1.82, 2.24) is 4.57 Å². The average Bonchev–Trinajstić information content (AvgIpc) is 3.19. The van der Waals surface area contributed by atoms with Gasteiger partial charge in [-0.15, -0.1) is 0 Å². The summed E-state index contributed by atoms with van der Waals surface area (Å²) in [6.45, 7) is 1.36. The van der Waals surface area contributed by atoms with E-state index in [1.807, 2.05) is 24.3 Å². The Kier molecular flexibility index (Phi) is 6.85. The lowest BCUT2D eigenvalue weighted by atomic mass is 9.83. The number of esters is 1. The third-order valence-electron chi connectivity index (χ3n) is 6.63. The molecule has 0 amide bonds. The first kappa shape index (κ1) is 25.6. The number of allylic oxidation sites excluding steroid dienone is 1. The van der Waals surface area contributed by atoms with Crippen molar-refractivity contribution in [2.24, 2.45) is 4.99 Å².